The van der Waals surface area contributed by atoms with Gasteiger partial charge in [0.2, 0.25) is 11.8 Å². The number of carbonyl (C=O) groups excluding carboxylic acids is 5. The normalized spacial score (nSPS) is 9.78. The van der Waals surface area contributed by atoms with Gasteiger partial charge in [-0.15, -0.1) is 0 Å². The highest BCUT2D eigenvalue weighted by Crippen LogP contribution is 2.07. The van der Waals surface area contributed by atoms with Crippen LogP contribution in [0.25, 0.3) is 0 Å². The second kappa shape index (κ2) is 44.0. The van der Waals surface area contributed by atoms with Gasteiger partial charge < -0.3 is 58.9 Å². The lowest BCUT2D eigenvalue weighted by Gasteiger charge is -2.19. The highest BCUT2D eigenvalue weighted by Gasteiger charge is 2.16. The predicted octanol–water partition coefficient (Wildman–Crippen LogP) is 2.24. The number of halogens is 1. The number of aliphatic hydroxyl groups excluding tert-OH is 1. The van der Waals surface area contributed by atoms with E-state index in [0.717, 1.165) is 29.7 Å². The topological polar surface area (TPSA) is 305 Å². The Kier molecular flexibility index (Phi) is 44.5. The summed E-state index contributed by atoms with van der Waals surface area (Å²) < 4.78 is 14.3. The van der Waals surface area contributed by atoms with Crippen LogP contribution in [0.15, 0.2) is 91.0 Å². The third-order valence-corrected chi connectivity index (χ3v) is 6.89. The molecule has 3 aromatic rings. The number of nitrogens with two attached hydrogens (primary N) is 2. The summed E-state index contributed by atoms with van der Waals surface area (Å²) in [4.78, 5) is 73.0. The average molecular weight is 970 g/mol. The number of aliphatic carboxylic acids is 1. The number of nitrogens with one attached hydrogen (secondary N) is 3. The molecule has 0 aliphatic carbocycles. The zero-order valence-electron chi connectivity index (χ0n) is 40.5. The van der Waals surface area contributed by atoms with Gasteiger partial charge in [0.25, 0.3) is 0 Å². The number of carbonyl (C=O) groups is 6. The van der Waals surface area contributed by atoms with Crippen LogP contribution < -0.4 is 45.9 Å². The zero-order chi connectivity index (χ0) is 50.7. The van der Waals surface area contributed by atoms with Crippen molar-refractivity contribution in [3.8, 4) is 0 Å². The second-order valence-corrected chi connectivity index (χ2v) is 15.5. The Labute approximate surface area is 402 Å². The number of hydroxylamine groups is 1. The minimum Gasteiger partial charge on any atom is -1.00 e. The van der Waals surface area contributed by atoms with E-state index in [1.807, 2.05) is 91.0 Å². The van der Waals surface area contributed by atoms with Crippen LogP contribution in [0.4, 0.5) is 9.59 Å². The number of aliphatic hydroxyl groups is 1. The van der Waals surface area contributed by atoms with Crippen LogP contribution in [0.3, 0.4) is 0 Å². The van der Waals surface area contributed by atoms with Crippen LogP contribution in [-0.2, 0) is 62.9 Å². The molecule has 4 amide bonds. The Morgan fingerprint density at radius 2 is 1.07 bits per heavy atom. The first kappa shape index (κ1) is 67.8. The Hall–Kier alpha value is -5.83. The van der Waals surface area contributed by atoms with Crippen molar-refractivity contribution in [3.05, 3.63) is 108 Å². The van der Waals surface area contributed by atoms with E-state index in [-0.39, 0.29) is 49.6 Å². The summed E-state index contributed by atoms with van der Waals surface area (Å²) in [5.74, 6) is 3.33. The van der Waals surface area contributed by atoms with E-state index in [2.05, 4.69) is 31.4 Å². The number of hydrogen-bond donors (Lipinski definition) is 8. The number of ether oxygens (including phenoxy) is 3. The molecule has 19 nitrogen and oxygen atoms in total. The van der Waals surface area contributed by atoms with Crippen molar-refractivity contribution in [3.63, 3.8) is 0 Å². The number of alkyl carbamates (subject to hydrolysis) is 2. The number of carboxylic acids is 1. The lowest BCUT2D eigenvalue weighted by molar-refractivity contribution is -0.368. The largest absolute Gasteiger partial charge is 1.00 e. The summed E-state index contributed by atoms with van der Waals surface area (Å²) in [6.45, 7) is 16.8. The molecule has 0 atom stereocenters. The van der Waals surface area contributed by atoms with E-state index in [1.54, 1.807) is 48.5 Å². The Balaban J connectivity index is -0.000000363. The molecule has 0 radical (unpaired) electrons. The standard InChI is InChI=1S/C11H16N2O2.C9H18N2O3.C9H17NO4.C7H9NO.C7H8O.C4H8O2.ClH/c12-8-4-7-11(14)13-15-9-10-5-2-1-3-6-10;1-9(2,3)14-8(13)11-6-4-5-7(10)12;1-9(2,3)14-8(13)10-6-4-5-7(11)12;8-9-6-7-4-2-1-3-5-7;8-6-7-4-2-1-3-5-7;1-3-6-4(2)5;/h1-3,5-6H,4,7-9,12H2,(H,13,14);4-6H2,1-3H3,(H2,10,12)(H,11,13);4-6H2,1-3H3,(H,10,13)(H,11,12);1-5H,6,8H2;1-5,8H,6H2;3H2,1-2H3;1H. The number of esters is 1. The van der Waals surface area contributed by atoms with Gasteiger partial charge in [-0.25, -0.2) is 21.0 Å². The molecule has 20 heteroatoms. The first-order valence-electron chi connectivity index (χ1n) is 21.4. The van der Waals surface area contributed by atoms with Crippen molar-refractivity contribution >= 4 is 35.9 Å². The molecule has 0 saturated heterocycles. The maximum absolute atomic E-state index is 11.1. The summed E-state index contributed by atoms with van der Waals surface area (Å²) in [5.41, 5.74) is 13.1. The van der Waals surface area contributed by atoms with Crippen LogP contribution in [0.2, 0.25) is 0 Å². The minimum absolute atomic E-state index is 0. The molecular weight excluding hydrogens is 892 g/mol. The van der Waals surface area contributed by atoms with Gasteiger partial charge in [-0.05, 0) is 78.0 Å². The number of quaternary nitrogens is 1. The molecule has 0 aromatic heterocycles. The lowest BCUT2D eigenvalue weighted by atomic mass is 10.2. The first-order chi connectivity index (χ1) is 31.1. The molecule has 0 saturated carbocycles. The molecule has 0 unspecified atom stereocenters. The Morgan fingerprint density at radius 3 is 1.39 bits per heavy atom. The van der Waals surface area contributed by atoms with E-state index in [9.17, 15) is 28.8 Å². The van der Waals surface area contributed by atoms with Crippen LogP contribution in [0.5, 0.6) is 0 Å². The van der Waals surface area contributed by atoms with E-state index in [0.29, 0.717) is 52.2 Å². The van der Waals surface area contributed by atoms with E-state index in [1.165, 1.54) is 6.92 Å². The van der Waals surface area contributed by atoms with Gasteiger partial charge in [0.05, 0.1) is 33.0 Å². The van der Waals surface area contributed by atoms with Gasteiger partial charge >= 0.3 is 24.1 Å². The van der Waals surface area contributed by atoms with E-state index in [4.69, 9.17) is 36.2 Å². The summed E-state index contributed by atoms with van der Waals surface area (Å²) in [5, 5.41) is 21.9. The molecule has 0 spiro atoms. The van der Waals surface area contributed by atoms with Crippen molar-refractivity contribution in [2.75, 3.05) is 26.2 Å². The molecule has 0 heterocycles. The fourth-order valence-electron chi connectivity index (χ4n) is 4.08. The fourth-order valence-corrected chi connectivity index (χ4v) is 4.08. The highest BCUT2D eigenvalue weighted by molar-refractivity contribution is 5.74. The van der Waals surface area contributed by atoms with Crippen LogP contribution >= 0.6 is 0 Å². The zero-order valence-corrected chi connectivity index (χ0v) is 41.2. The lowest BCUT2D eigenvalue weighted by Crippen LogP contribution is -3.00. The van der Waals surface area contributed by atoms with E-state index >= 15 is 0 Å². The number of benzene rings is 3. The number of rotatable bonds is 18. The summed E-state index contributed by atoms with van der Waals surface area (Å²) in [7, 11) is 0. The van der Waals surface area contributed by atoms with Crippen molar-refractivity contribution in [2.24, 2.45) is 11.6 Å². The molecule has 0 aliphatic heterocycles. The number of hydrogen-bond acceptors (Lipinski definition) is 13. The molecule has 380 valence electrons. The van der Waals surface area contributed by atoms with Crippen LogP contribution in [0.1, 0.15) is 111 Å². The maximum Gasteiger partial charge on any atom is 0.407 e. The third kappa shape index (κ3) is 56.2. The number of amides is 4. The average Bonchev–Trinajstić information content (AvgIpc) is 3.24. The smallest absolute Gasteiger partial charge is 0.407 e. The van der Waals surface area contributed by atoms with Crippen molar-refractivity contribution in [1.82, 2.24) is 16.1 Å². The van der Waals surface area contributed by atoms with Crippen molar-refractivity contribution in [1.29, 1.82) is 0 Å². The second-order valence-electron chi connectivity index (χ2n) is 15.5. The van der Waals surface area contributed by atoms with Gasteiger partial charge in [0, 0.05) is 45.7 Å². The SMILES string of the molecule is CC(C)(C)OC(=O)NCCCC(=O)O.CC(C)(C)OC(=O)NCCCC(N)=O.CCOC(C)=O.NOCc1ccccc1.OCc1ccccc1.[Cl-].[NH3+]CCCC(=O)NOCc1ccccc1. The van der Waals surface area contributed by atoms with Gasteiger partial charge in [-0.3, -0.25) is 28.9 Å². The van der Waals surface area contributed by atoms with Crippen molar-refractivity contribution in [2.45, 2.75) is 125 Å². The summed E-state index contributed by atoms with van der Waals surface area (Å²) in [6, 6.07) is 29.0. The van der Waals surface area contributed by atoms with Gasteiger partial charge in [-0.1, -0.05) is 91.0 Å². The molecule has 0 fully saturated rings. The highest BCUT2D eigenvalue weighted by atomic mass is 35.5. The summed E-state index contributed by atoms with van der Waals surface area (Å²) >= 11 is 0. The van der Waals surface area contributed by atoms with Gasteiger partial charge in [0.1, 0.15) is 11.2 Å². The molecule has 67 heavy (non-hydrogen) atoms. The molecule has 0 bridgehead atoms. The van der Waals surface area contributed by atoms with Gasteiger partial charge in [-0.2, -0.15) is 0 Å². The quantitative estimate of drug-likeness (QED) is 0.0393. The summed E-state index contributed by atoms with van der Waals surface area (Å²) in [6.07, 6.45) is 1.55. The van der Waals surface area contributed by atoms with Crippen molar-refractivity contribution < 1.29 is 81.0 Å². The fraction of sp³-hybridized carbons (Fsp3) is 0.489. The van der Waals surface area contributed by atoms with Gasteiger partial charge in [0.15, 0.2) is 0 Å². The maximum atomic E-state index is 11.1. The number of primary amides is 1. The monoisotopic (exact) mass is 969 g/mol. The third-order valence-electron chi connectivity index (χ3n) is 6.89. The van der Waals surface area contributed by atoms with Crippen LogP contribution in [-0.4, -0.2) is 83.6 Å². The number of carboxylic acid groups (broad SMARTS) is 1. The molecule has 0 aliphatic rings. The Morgan fingerprint density at radius 1 is 0.657 bits per heavy atom. The first-order valence-corrected chi connectivity index (χ1v) is 21.4. The minimum atomic E-state index is -0.865. The van der Waals surface area contributed by atoms with Crippen LogP contribution in [0, 0.1) is 0 Å². The predicted molar refractivity (Wildman–Crippen MR) is 250 cm³/mol. The Bertz CT molecular complexity index is 1650. The molecule has 12 N–H and O–H groups in total. The molecule has 3 aromatic carbocycles. The molecular formula is C47H77ClN6O13. The van der Waals surface area contributed by atoms with E-state index < -0.39 is 29.4 Å². The molecule has 3 rings (SSSR count).